The minimum atomic E-state index is -1.08. The maximum atomic E-state index is 12.8. The lowest BCUT2D eigenvalue weighted by Gasteiger charge is -2.27. The highest BCUT2D eigenvalue weighted by atomic mass is 16.5. The van der Waals surface area contributed by atoms with Crippen molar-refractivity contribution in [3.05, 3.63) is 59.7 Å². The second-order valence-electron chi connectivity index (χ2n) is 7.01. The molecule has 168 valence electrons. The van der Waals surface area contributed by atoms with E-state index >= 15 is 0 Å². The lowest BCUT2D eigenvalue weighted by molar-refractivity contribution is -0.137. The number of hydrogen-bond donors (Lipinski definition) is 3. The number of morpholine rings is 1. The van der Waals surface area contributed by atoms with E-state index in [1.165, 1.54) is 13.2 Å². The van der Waals surface area contributed by atoms with Crippen molar-refractivity contribution >= 4 is 35.3 Å². The largest absolute Gasteiger partial charge is 0.481 e. The molecule has 0 aliphatic carbocycles. The van der Waals surface area contributed by atoms with Crippen molar-refractivity contribution < 1.29 is 33.8 Å². The molecule has 0 aromatic heterocycles. The average molecular weight is 441 g/mol. The van der Waals surface area contributed by atoms with Crippen LogP contribution in [-0.2, 0) is 19.1 Å². The van der Waals surface area contributed by atoms with Crippen LogP contribution in [0.25, 0.3) is 0 Å². The Labute approximate surface area is 184 Å². The Morgan fingerprint density at radius 1 is 1.19 bits per heavy atom. The fraction of sp³-hybridized carbons (Fsp3) is 0.273. The standard InChI is InChI=1S/C22H23N3O7/c1-31-22(30)23-16-4-2-3-15(11-16)21(29)24-18(12-20(27)28)14-5-7-17(8-6-14)25-9-10-32-13-19(25)26/h2-8,11,18H,9-10,12-13H2,1H3,(H,23,30)(H,24,29)(H,27,28)/t18-/m0/s1. The molecule has 32 heavy (non-hydrogen) atoms. The van der Waals surface area contributed by atoms with Gasteiger partial charge in [-0.3, -0.25) is 19.7 Å². The Hall–Kier alpha value is -3.92. The molecular weight excluding hydrogens is 418 g/mol. The summed E-state index contributed by atoms with van der Waals surface area (Å²) in [7, 11) is 1.22. The number of methoxy groups -OCH3 is 1. The van der Waals surface area contributed by atoms with Gasteiger partial charge in [0.1, 0.15) is 6.61 Å². The van der Waals surface area contributed by atoms with E-state index in [0.29, 0.717) is 30.1 Å². The third kappa shape index (κ3) is 5.82. The van der Waals surface area contributed by atoms with E-state index in [9.17, 15) is 24.3 Å². The van der Waals surface area contributed by atoms with Gasteiger partial charge in [-0.05, 0) is 35.9 Å². The van der Waals surface area contributed by atoms with Gasteiger partial charge in [0, 0.05) is 23.5 Å². The second-order valence-corrected chi connectivity index (χ2v) is 7.01. The molecule has 3 amide bonds. The first-order valence-corrected chi connectivity index (χ1v) is 9.83. The molecule has 2 aromatic rings. The zero-order valence-electron chi connectivity index (χ0n) is 17.4. The number of amides is 3. The van der Waals surface area contributed by atoms with Crippen LogP contribution in [0.1, 0.15) is 28.4 Å². The molecule has 0 bridgehead atoms. The fourth-order valence-electron chi connectivity index (χ4n) is 3.25. The minimum absolute atomic E-state index is 0.0172. The lowest BCUT2D eigenvalue weighted by Crippen LogP contribution is -2.41. The minimum Gasteiger partial charge on any atom is -0.481 e. The molecule has 3 rings (SSSR count). The number of hydrogen-bond acceptors (Lipinski definition) is 6. The molecule has 1 saturated heterocycles. The predicted octanol–water partition coefficient (Wildman–Crippen LogP) is 2.17. The Morgan fingerprint density at radius 2 is 1.94 bits per heavy atom. The number of nitrogens with one attached hydrogen (secondary N) is 2. The Morgan fingerprint density at radius 3 is 2.59 bits per heavy atom. The summed E-state index contributed by atoms with van der Waals surface area (Å²) in [6.07, 6.45) is -1.01. The van der Waals surface area contributed by atoms with Gasteiger partial charge in [0.2, 0.25) is 0 Å². The van der Waals surface area contributed by atoms with Crippen LogP contribution in [0.3, 0.4) is 0 Å². The molecule has 1 fully saturated rings. The number of carbonyl (C=O) groups is 4. The first-order valence-electron chi connectivity index (χ1n) is 9.83. The van der Waals surface area contributed by atoms with Crippen LogP contribution in [-0.4, -0.2) is 55.9 Å². The summed E-state index contributed by atoms with van der Waals surface area (Å²) in [5, 5.41) is 14.5. The van der Waals surface area contributed by atoms with Crippen LogP contribution in [0.15, 0.2) is 48.5 Å². The number of ether oxygens (including phenoxy) is 2. The third-order valence-corrected chi connectivity index (χ3v) is 4.83. The summed E-state index contributed by atoms with van der Waals surface area (Å²) in [5.41, 5.74) is 1.85. The fourth-order valence-corrected chi connectivity index (χ4v) is 3.25. The van der Waals surface area contributed by atoms with Crippen LogP contribution in [0, 0.1) is 0 Å². The van der Waals surface area contributed by atoms with Crippen LogP contribution < -0.4 is 15.5 Å². The van der Waals surface area contributed by atoms with Crippen molar-refractivity contribution in [2.24, 2.45) is 0 Å². The second kappa shape index (κ2) is 10.4. The monoisotopic (exact) mass is 441 g/mol. The number of anilines is 2. The Balaban J connectivity index is 1.76. The highest BCUT2D eigenvalue weighted by molar-refractivity contribution is 5.97. The molecule has 10 nitrogen and oxygen atoms in total. The van der Waals surface area contributed by atoms with E-state index in [-0.39, 0.29) is 24.5 Å². The topological polar surface area (TPSA) is 134 Å². The molecule has 2 aromatic carbocycles. The molecule has 0 spiro atoms. The van der Waals surface area contributed by atoms with Crippen molar-refractivity contribution in [1.82, 2.24) is 5.32 Å². The summed E-state index contributed by atoms with van der Waals surface area (Å²) in [6.45, 7) is 0.891. The number of carboxylic acid groups (broad SMARTS) is 1. The Kier molecular flexibility index (Phi) is 7.40. The molecule has 0 unspecified atom stereocenters. The number of carboxylic acids is 1. The first kappa shape index (κ1) is 22.8. The van der Waals surface area contributed by atoms with Gasteiger partial charge in [0.25, 0.3) is 11.8 Å². The SMILES string of the molecule is COC(=O)Nc1cccc(C(=O)N[C@@H](CC(=O)O)c2ccc(N3CCOCC3=O)cc2)c1. The zero-order valence-corrected chi connectivity index (χ0v) is 17.4. The van der Waals surface area contributed by atoms with E-state index in [4.69, 9.17) is 4.74 Å². The molecule has 1 heterocycles. The van der Waals surface area contributed by atoms with Crippen molar-refractivity contribution in [2.45, 2.75) is 12.5 Å². The van der Waals surface area contributed by atoms with E-state index < -0.39 is 24.0 Å². The van der Waals surface area contributed by atoms with Gasteiger partial charge in [-0.15, -0.1) is 0 Å². The molecule has 1 aliphatic rings. The number of carbonyl (C=O) groups excluding carboxylic acids is 3. The number of nitrogens with zero attached hydrogens (tertiary/aromatic N) is 1. The van der Waals surface area contributed by atoms with Crippen LogP contribution in [0.5, 0.6) is 0 Å². The van der Waals surface area contributed by atoms with Crippen molar-refractivity contribution in [3.8, 4) is 0 Å². The third-order valence-electron chi connectivity index (χ3n) is 4.83. The van der Waals surface area contributed by atoms with Gasteiger partial charge in [0.15, 0.2) is 0 Å². The summed E-state index contributed by atoms with van der Waals surface area (Å²) in [5.74, 6) is -1.74. The summed E-state index contributed by atoms with van der Waals surface area (Å²) in [6, 6.07) is 12.2. The summed E-state index contributed by atoms with van der Waals surface area (Å²) in [4.78, 5) is 49.1. The van der Waals surface area contributed by atoms with Gasteiger partial charge in [-0.25, -0.2) is 4.79 Å². The molecule has 1 atom stereocenters. The molecule has 0 radical (unpaired) electrons. The smallest absolute Gasteiger partial charge is 0.411 e. The van der Waals surface area contributed by atoms with Crippen molar-refractivity contribution in [3.63, 3.8) is 0 Å². The molecule has 0 saturated carbocycles. The summed E-state index contributed by atoms with van der Waals surface area (Å²) < 4.78 is 9.66. The van der Waals surface area contributed by atoms with Gasteiger partial charge < -0.3 is 24.8 Å². The normalized spacial score (nSPS) is 14.4. The van der Waals surface area contributed by atoms with E-state index in [1.54, 1.807) is 47.4 Å². The Bertz CT molecular complexity index is 1010. The number of rotatable bonds is 7. The van der Waals surface area contributed by atoms with Gasteiger partial charge >= 0.3 is 12.1 Å². The first-order chi connectivity index (χ1) is 15.4. The molecular formula is C22H23N3O7. The average Bonchev–Trinajstić information content (AvgIpc) is 2.79. The van der Waals surface area contributed by atoms with Crippen molar-refractivity contribution in [2.75, 3.05) is 37.1 Å². The van der Waals surface area contributed by atoms with Crippen LogP contribution in [0.2, 0.25) is 0 Å². The number of aliphatic carboxylic acids is 1. The zero-order chi connectivity index (χ0) is 23.1. The highest BCUT2D eigenvalue weighted by Gasteiger charge is 2.22. The van der Waals surface area contributed by atoms with Gasteiger partial charge in [-0.1, -0.05) is 18.2 Å². The molecule has 10 heteroatoms. The maximum Gasteiger partial charge on any atom is 0.411 e. The van der Waals surface area contributed by atoms with E-state index in [1.807, 2.05) is 0 Å². The van der Waals surface area contributed by atoms with Gasteiger partial charge in [0.05, 0.1) is 26.2 Å². The summed E-state index contributed by atoms with van der Waals surface area (Å²) >= 11 is 0. The van der Waals surface area contributed by atoms with Crippen LogP contribution in [0.4, 0.5) is 16.2 Å². The predicted molar refractivity (Wildman–Crippen MR) is 115 cm³/mol. The molecule has 1 aliphatic heterocycles. The van der Waals surface area contributed by atoms with Crippen molar-refractivity contribution in [1.29, 1.82) is 0 Å². The van der Waals surface area contributed by atoms with E-state index in [2.05, 4.69) is 15.4 Å². The lowest BCUT2D eigenvalue weighted by atomic mass is 10.0. The molecule has 3 N–H and O–H groups in total. The van der Waals surface area contributed by atoms with E-state index in [0.717, 1.165) is 0 Å². The highest BCUT2D eigenvalue weighted by Crippen LogP contribution is 2.23. The number of benzene rings is 2. The van der Waals surface area contributed by atoms with Gasteiger partial charge in [-0.2, -0.15) is 0 Å². The maximum absolute atomic E-state index is 12.8. The quantitative estimate of drug-likeness (QED) is 0.599. The van der Waals surface area contributed by atoms with Crippen LogP contribution >= 0.6 is 0 Å².